The van der Waals surface area contributed by atoms with Crippen LogP contribution in [0, 0.1) is 6.92 Å². The molecule has 0 fully saturated rings. The van der Waals surface area contributed by atoms with E-state index in [1.165, 1.54) is 12.8 Å². The third-order valence-electron chi connectivity index (χ3n) is 3.31. The predicted octanol–water partition coefficient (Wildman–Crippen LogP) is 4.46. The van der Waals surface area contributed by atoms with Crippen LogP contribution >= 0.6 is 0 Å². The van der Waals surface area contributed by atoms with Gasteiger partial charge in [-0.15, -0.1) is 0 Å². The Kier molecular flexibility index (Phi) is 6.40. The summed E-state index contributed by atoms with van der Waals surface area (Å²) in [5, 5.41) is 12.7. The molecule has 0 aromatic heterocycles. The van der Waals surface area contributed by atoms with E-state index in [1.807, 2.05) is 19.1 Å². The molecule has 1 atom stereocenters. The summed E-state index contributed by atoms with van der Waals surface area (Å²) in [5.74, 6) is -0.867. The lowest BCUT2D eigenvalue weighted by atomic mass is 10.0. The number of hydrogen-bond acceptors (Lipinski definition) is 2. The lowest BCUT2D eigenvalue weighted by Gasteiger charge is -2.20. The molecule has 0 heterocycles. The molecule has 2 N–H and O–H groups in total. The third-order valence-corrected chi connectivity index (χ3v) is 3.31. The average Bonchev–Trinajstić information content (AvgIpc) is 2.36. The van der Waals surface area contributed by atoms with Crippen LogP contribution < -0.4 is 5.32 Å². The van der Waals surface area contributed by atoms with Gasteiger partial charge in [0.05, 0.1) is 5.56 Å². The SMILES string of the molecule is CCCCC(CCC)Nc1cc(C)ccc1C(=O)O. The Bertz CT molecular complexity index is 415. The molecule has 0 saturated heterocycles. The Morgan fingerprint density at radius 2 is 2.00 bits per heavy atom. The van der Waals surface area contributed by atoms with Crippen LogP contribution in [0.5, 0.6) is 0 Å². The number of nitrogens with one attached hydrogen (secondary N) is 1. The highest BCUT2D eigenvalue weighted by Crippen LogP contribution is 2.21. The number of anilines is 1. The maximum absolute atomic E-state index is 11.2. The minimum atomic E-state index is -0.867. The zero-order valence-corrected chi connectivity index (χ0v) is 12.2. The fourth-order valence-electron chi connectivity index (χ4n) is 2.27. The van der Waals surface area contributed by atoms with Gasteiger partial charge in [-0.25, -0.2) is 4.79 Å². The first-order chi connectivity index (χ1) is 9.08. The van der Waals surface area contributed by atoms with Crippen LogP contribution in [-0.2, 0) is 0 Å². The summed E-state index contributed by atoms with van der Waals surface area (Å²) < 4.78 is 0. The van der Waals surface area contributed by atoms with Crippen molar-refractivity contribution in [3.8, 4) is 0 Å². The lowest BCUT2D eigenvalue weighted by Crippen LogP contribution is -2.21. The Morgan fingerprint density at radius 3 is 2.58 bits per heavy atom. The van der Waals surface area contributed by atoms with Crippen molar-refractivity contribution in [2.45, 2.75) is 58.9 Å². The number of hydrogen-bond donors (Lipinski definition) is 2. The third kappa shape index (κ3) is 4.93. The van der Waals surface area contributed by atoms with Crippen LogP contribution in [0.15, 0.2) is 18.2 Å². The average molecular weight is 263 g/mol. The number of carboxylic acids is 1. The molecule has 0 aliphatic rings. The molecule has 1 unspecified atom stereocenters. The Labute approximate surface area is 116 Å². The summed E-state index contributed by atoms with van der Waals surface area (Å²) in [6.45, 7) is 6.32. The summed E-state index contributed by atoms with van der Waals surface area (Å²) in [4.78, 5) is 11.2. The van der Waals surface area contributed by atoms with Gasteiger partial charge in [0.15, 0.2) is 0 Å². The van der Waals surface area contributed by atoms with Crippen molar-refractivity contribution in [2.75, 3.05) is 5.32 Å². The van der Waals surface area contributed by atoms with E-state index in [4.69, 9.17) is 0 Å². The summed E-state index contributed by atoms with van der Waals surface area (Å²) in [5.41, 5.74) is 2.20. The first-order valence-corrected chi connectivity index (χ1v) is 7.19. The van der Waals surface area contributed by atoms with Gasteiger partial charge < -0.3 is 10.4 Å². The minimum Gasteiger partial charge on any atom is -0.478 e. The zero-order valence-electron chi connectivity index (χ0n) is 12.2. The predicted molar refractivity (Wildman–Crippen MR) is 80.0 cm³/mol. The number of carbonyl (C=O) groups is 1. The molecule has 0 radical (unpaired) electrons. The van der Waals surface area contributed by atoms with Gasteiger partial charge in [-0.3, -0.25) is 0 Å². The number of benzene rings is 1. The van der Waals surface area contributed by atoms with Crippen LogP contribution in [-0.4, -0.2) is 17.1 Å². The van der Waals surface area contributed by atoms with E-state index in [9.17, 15) is 9.90 Å². The van der Waals surface area contributed by atoms with Crippen LogP contribution in [0.3, 0.4) is 0 Å². The second-order valence-electron chi connectivity index (χ2n) is 5.13. The van der Waals surface area contributed by atoms with Crippen molar-refractivity contribution in [1.82, 2.24) is 0 Å². The number of aryl methyl sites for hydroxylation is 1. The van der Waals surface area contributed by atoms with Gasteiger partial charge in [0, 0.05) is 11.7 Å². The molecular weight excluding hydrogens is 238 g/mol. The van der Waals surface area contributed by atoms with Crippen molar-refractivity contribution < 1.29 is 9.90 Å². The monoisotopic (exact) mass is 263 g/mol. The lowest BCUT2D eigenvalue weighted by molar-refractivity contribution is 0.0698. The second kappa shape index (κ2) is 7.82. The van der Waals surface area contributed by atoms with Crippen molar-refractivity contribution in [3.05, 3.63) is 29.3 Å². The second-order valence-corrected chi connectivity index (χ2v) is 5.13. The highest BCUT2D eigenvalue weighted by atomic mass is 16.4. The van der Waals surface area contributed by atoms with Crippen molar-refractivity contribution in [1.29, 1.82) is 0 Å². The molecule has 0 bridgehead atoms. The first-order valence-electron chi connectivity index (χ1n) is 7.19. The first kappa shape index (κ1) is 15.5. The highest BCUT2D eigenvalue weighted by molar-refractivity contribution is 5.94. The Balaban J connectivity index is 2.87. The van der Waals surface area contributed by atoms with Gasteiger partial charge in [0.2, 0.25) is 0 Å². The molecule has 0 spiro atoms. The molecule has 1 aromatic rings. The molecule has 0 aliphatic heterocycles. The quantitative estimate of drug-likeness (QED) is 0.727. The van der Waals surface area contributed by atoms with E-state index in [-0.39, 0.29) is 0 Å². The molecule has 106 valence electrons. The number of carboxylic acid groups (broad SMARTS) is 1. The summed E-state index contributed by atoms with van der Waals surface area (Å²) in [7, 11) is 0. The molecule has 19 heavy (non-hydrogen) atoms. The summed E-state index contributed by atoms with van der Waals surface area (Å²) in [6, 6.07) is 5.82. The molecule has 0 saturated carbocycles. The molecule has 3 nitrogen and oxygen atoms in total. The Morgan fingerprint density at radius 1 is 1.26 bits per heavy atom. The summed E-state index contributed by atoms with van der Waals surface area (Å²) in [6.07, 6.45) is 5.62. The van der Waals surface area contributed by atoms with E-state index in [0.717, 1.165) is 30.5 Å². The maximum atomic E-state index is 11.2. The molecule has 3 heteroatoms. The molecule has 0 amide bonds. The van der Waals surface area contributed by atoms with Gasteiger partial charge in [-0.1, -0.05) is 39.2 Å². The molecule has 0 aliphatic carbocycles. The Hall–Kier alpha value is -1.51. The van der Waals surface area contributed by atoms with E-state index in [2.05, 4.69) is 19.2 Å². The highest BCUT2D eigenvalue weighted by Gasteiger charge is 2.13. The molecule has 1 aromatic carbocycles. The van der Waals surface area contributed by atoms with Gasteiger partial charge >= 0.3 is 5.97 Å². The van der Waals surface area contributed by atoms with Gasteiger partial charge in [-0.05, 0) is 37.5 Å². The standard InChI is InChI=1S/C16H25NO2/c1-4-6-8-13(7-5-2)17-15-11-12(3)9-10-14(15)16(18)19/h9-11,13,17H,4-8H2,1-3H3,(H,18,19). The van der Waals surface area contributed by atoms with E-state index in [1.54, 1.807) is 6.07 Å². The van der Waals surface area contributed by atoms with Crippen LogP contribution in [0.4, 0.5) is 5.69 Å². The van der Waals surface area contributed by atoms with Gasteiger partial charge in [-0.2, -0.15) is 0 Å². The van der Waals surface area contributed by atoms with E-state index in [0.29, 0.717) is 11.6 Å². The number of unbranched alkanes of at least 4 members (excludes halogenated alkanes) is 1. The van der Waals surface area contributed by atoms with E-state index >= 15 is 0 Å². The fourth-order valence-corrected chi connectivity index (χ4v) is 2.27. The smallest absolute Gasteiger partial charge is 0.337 e. The van der Waals surface area contributed by atoms with Crippen LogP contribution in [0.1, 0.15) is 61.9 Å². The maximum Gasteiger partial charge on any atom is 0.337 e. The van der Waals surface area contributed by atoms with Crippen LogP contribution in [0.25, 0.3) is 0 Å². The molecule has 1 rings (SSSR count). The van der Waals surface area contributed by atoms with Gasteiger partial charge in [0.1, 0.15) is 0 Å². The molecular formula is C16H25NO2. The topological polar surface area (TPSA) is 49.3 Å². The van der Waals surface area contributed by atoms with E-state index < -0.39 is 5.97 Å². The summed E-state index contributed by atoms with van der Waals surface area (Å²) >= 11 is 0. The van der Waals surface area contributed by atoms with Crippen molar-refractivity contribution >= 4 is 11.7 Å². The normalized spacial score (nSPS) is 12.2. The fraction of sp³-hybridized carbons (Fsp3) is 0.562. The zero-order chi connectivity index (χ0) is 14.3. The van der Waals surface area contributed by atoms with Crippen LogP contribution in [0.2, 0.25) is 0 Å². The largest absolute Gasteiger partial charge is 0.478 e. The van der Waals surface area contributed by atoms with Crippen molar-refractivity contribution in [2.24, 2.45) is 0 Å². The van der Waals surface area contributed by atoms with Gasteiger partial charge in [0.25, 0.3) is 0 Å². The number of rotatable bonds is 8. The van der Waals surface area contributed by atoms with Crippen molar-refractivity contribution in [3.63, 3.8) is 0 Å². The number of aromatic carboxylic acids is 1. The minimum absolute atomic E-state index is 0.364.